The lowest BCUT2D eigenvalue weighted by Crippen LogP contribution is -2.54. The zero-order valence-corrected chi connectivity index (χ0v) is 16.1. The molecule has 1 amide bonds. The predicted molar refractivity (Wildman–Crippen MR) is 93.8 cm³/mol. The maximum absolute atomic E-state index is 12.3. The fraction of sp³-hybridized carbons (Fsp3) is 0.889. The molecule has 0 radical (unpaired) electrons. The number of likely N-dealkylation sites (tertiary alicyclic amines) is 1. The van der Waals surface area contributed by atoms with Crippen molar-refractivity contribution < 1.29 is 19.1 Å². The molecule has 1 N–H and O–H groups in total. The molecule has 1 fully saturated rings. The van der Waals surface area contributed by atoms with E-state index in [4.69, 9.17) is 9.47 Å². The maximum Gasteiger partial charge on any atom is 0.410 e. The van der Waals surface area contributed by atoms with Crippen LogP contribution in [-0.4, -0.2) is 54.8 Å². The fourth-order valence-electron chi connectivity index (χ4n) is 2.73. The number of piperidine rings is 1. The summed E-state index contributed by atoms with van der Waals surface area (Å²) < 4.78 is 10.6. The molecule has 24 heavy (non-hydrogen) atoms. The molecule has 0 aromatic rings. The number of nitrogens with zero attached hydrogens (tertiary/aromatic N) is 1. The van der Waals surface area contributed by atoms with Crippen LogP contribution in [0.1, 0.15) is 54.4 Å². The van der Waals surface area contributed by atoms with Gasteiger partial charge in [0, 0.05) is 19.1 Å². The van der Waals surface area contributed by atoms with Gasteiger partial charge in [0.25, 0.3) is 0 Å². The van der Waals surface area contributed by atoms with Crippen LogP contribution in [0.2, 0.25) is 0 Å². The van der Waals surface area contributed by atoms with Crippen LogP contribution in [0.3, 0.4) is 0 Å². The van der Waals surface area contributed by atoms with E-state index in [0.717, 1.165) is 19.4 Å². The Morgan fingerprint density at radius 2 is 1.96 bits per heavy atom. The second-order valence-corrected chi connectivity index (χ2v) is 7.82. The van der Waals surface area contributed by atoms with Gasteiger partial charge in [0.1, 0.15) is 5.60 Å². The molecule has 0 aromatic heterocycles. The molecule has 1 rings (SSSR count). The minimum absolute atomic E-state index is 0.0430. The van der Waals surface area contributed by atoms with Crippen LogP contribution in [-0.2, 0) is 14.3 Å². The van der Waals surface area contributed by atoms with Crippen molar-refractivity contribution in [2.24, 2.45) is 11.8 Å². The first-order valence-electron chi connectivity index (χ1n) is 9.02. The van der Waals surface area contributed by atoms with Gasteiger partial charge in [-0.2, -0.15) is 0 Å². The van der Waals surface area contributed by atoms with E-state index in [2.05, 4.69) is 19.2 Å². The number of carbonyl (C=O) groups is 2. The first-order valence-corrected chi connectivity index (χ1v) is 9.02. The SMILES string of the molecule is CCOC(=O)[C@H]1CN(C(=O)OC(C)(C)C)CC[C@H]1NCCC(C)C. The van der Waals surface area contributed by atoms with Gasteiger partial charge in [0.05, 0.1) is 12.5 Å². The van der Waals surface area contributed by atoms with Gasteiger partial charge in [-0.25, -0.2) is 4.79 Å². The summed E-state index contributed by atoms with van der Waals surface area (Å²) in [7, 11) is 0. The molecule has 6 heteroatoms. The number of rotatable bonds is 6. The molecule has 0 aromatic carbocycles. The number of ether oxygens (including phenoxy) is 2. The number of amides is 1. The Balaban J connectivity index is 2.69. The second-order valence-electron chi connectivity index (χ2n) is 7.82. The molecule has 1 saturated heterocycles. The molecule has 0 aliphatic carbocycles. The summed E-state index contributed by atoms with van der Waals surface area (Å²) in [5.41, 5.74) is -0.539. The van der Waals surface area contributed by atoms with Crippen molar-refractivity contribution >= 4 is 12.1 Å². The lowest BCUT2D eigenvalue weighted by atomic mass is 9.92. The van der Waals surface area contributed by atoms with Gasteiger partial charge in [0.15, 0.2) is 0 Å². The molecule has 0 bridgehead atoms. The minimum atomic E-state index is -0.539. The summed E-state index contributed by atoms with van der Waals surface area (Å²) in [6.45, 7) is 13.8. The molecule has 0 spiro atoms. The van der Waals surface area contributed by atoms with Gasteiger partial charge < -0.3 is 19.7 Å². The van der Waals surface area contributed by atoms with E-state index in [1.807, 2.05) is 20.8 Å². The maximum atomic E-state index is 12.3. The van der Waals surface area contributed by atoms with Gasteiger partial charge >= 0.3 is 12.1 Å². The van der Waals surface area contributed by atoms with Crippen LogP contribution in [0.15, 0.2) is 0 Å². The van der Waals surface area contributed by atoms with Crippen molar-refractivity contribution in [3.8, 4) is 0 Å². The summed E-state index contributed by atoms with van der Waals surface area (Å²) in [4.78, 5) is 26.2. The van der Waals surface area contributed by atoms with E-state index in [1.165, 1.54) is 0 Å². The average Bonchev–Trinajstić information content (AvgIpc) is 2.45. The predicted octanol–water partition coefficient (Wildman–Crippen LogP) is 2.81. The average molecular weight is 342 g/mol. The van der Waals surface area contributed by atoms with Crippen molar-refractivity contribution in [1.82, 2.24) is 10.2 Å². The number of hydrogen-bond donors (Lipinski definition) is 1. The van der Waals surface area contributed by atoms with E-state index < -0.39 is 5.60 Å². The summed E-state index contributed by atoms with van der Waals surface area (Å²) >= 11 is 0. The van der Waals surface area contributed by atoms with E-state index >= 15 is 0 Å². The smallest absolute Gasteiger partial charge is 0.410 e. The Labute approximate surface area is 146 Å². The van der Waals surface area contributed by atoms with Crippen molar-refractivity contribution in [3.63, 3.8) is 0 Å². The van der Waals surface area contributed by atoms with Crippen LogP contribution < -0.4 is 5.32 Å². The van der Waals surface area contributed by atoms with Crippen molar-refractivity contribution in [2.75, 3.05) is 26.2 Å². The van der Waals surface area contributed by atoms with Crippen LogP contribution in [0.25, 0.3) is 0 Å². The van der Waals surface area contributed by atoms with E-state index in [1.54, 1.807) is 11.8 Å². The highest BCUT2D eigenvalue weighted by molar-refractivity contribution is 5.75. The quantitative estimate of drug-likeness (QED) is 0.752. The Hall–Kier alpha value is -1.30. The Morgan fingerprint density at radius 1 is 1.29 bits per heavy atom. The van der Waals surface area contributed by atoms with Gasteiger partial charge in [-0.1, -0.05) is 13.8 Å². The largest absolute Gasteiger partial charge is 0.466 e. The number of carbonyl (C=O) groups excluding carboxylic acids is 2. The van der Waals surface area contributed by atoms with Gasteiger partial charge in [-0.05, 0) is 53.0 Å². The van der Waals surface area contributed by atoms with Crippen molar-refractivity contribution in [2.45, 2.75) is 66.0 Å². The summed E-state index contributed by atoms with van der Waals surface area (Å²) in [5.74, 6) is 0.0200. The summed E-state index contributed by atoms with van der Waals surface area (Å²) in [6, 6.07) is 0.0430. The fourth-order valence-corrected chi connectivity index (χ4v) is 2.73. The normalized spacial score (nSPS) is 21.7. The molecule has 2 atom stereocenters. The highest BCUT2D eigenvalue weighted by Gasteiger charge is 2.38. The third-order valence-electron chi connectivity index (χ3n) is 3.98. The minimum Gasteiger partial charge on any atom is -0.466 e. The first-order chi connectivity index (χ1) is 11.1. The standard InChI is InChI=1S/C18H34N2O4/c1-7-23-16(21)14-12-20(17(22)24-18(4,5)6)11-9-15(14)19-10-8-13(2)3/h13-15,19H,7-12H2,1-6H3/t14-,15+/m0/s1. The van der Waals surface area contributed by atoms with Crippen LogP contribution in [0, 0.1) is 11.8 Å². The van der Waals surface area contributed by atoms with Gasteiger partial charge in [-0.15, -0.1) is 0 Å². The molecule has 1 aliphatic heterocycles. The molecule has 6 nitrogen and oxygen atoms in total. The van der Waals surface area contributed by atoms with Gasteiger partial charge in [0.2, 0.25) is 0 Å². The van der Waals surface area contributed by atoms with E-state index in [0.29, 0.717) is 25.6 Å². The van der Waals surface area contributed by atoms with Crippen LogP contribution in [0.5, 0.6) is 0 Å². The zero-order valence-electron chi connectivity index (χ0n) is 16.1. The van der Waals surface area contributed by atoms with Crippen molar-refractivity contribution in [3.05, 3.63) is 0 Å². The summed E-state index contributed by atoms with van der Waals surface area (Å²) in [5, 5.41) is 3.47. The van der Waals surface area contributed by atoms with E-state index in [-0.39, 0.29) is 24.0 Å². The Kier molecular flexibility index (Phi) is 8.00. The molecule has 1 heterocycles. The first kappa shape index (κ1) is 20.7. The number of nitrogens with one attached hydrogen (secondary N) is 1. The van der Waals surface area contributed by atoms with Gasteiger partial charge in [-0.3, -0.25) is 4.79 Å². The zero-order chi connectivity index (χ0) is 18.3. The molecule has 0 unspecified atom stereocenters. The highest BCUT2D eigenvalue weighted by Crippen LogP contribution is 2.21. The van der Waals surface area contributed by atoms with Crippen LogP contribution >= 0.6 is 0 Å². The molecule has 1 aliphatic rings. The van der Waals surface area contributed by atoms with Crippen molar-refractivity contribution in [1.29, 1.82) is 0 Å². The third kappa shape index (κ3) is 7.07. The Morgan fingerprint density at radius 3 is 2.50 bits per heavy atom. The van der Waals surface area contributed by atoms with Crippen LogP contribution in [0.4, 0.5) is 4.79 Å². The molecular weight excluding hydrogens is 308 g/mol. The monoisotopic (exact) mass is 342 g/mol. The Bertz CT molecular complexity index is 418. The lowest BCUT2D eigenvalue weighted by molar-refractivity contribution is -0.150. The highest BCUT2D eigenvalue weighted by atomic mass is 16.6. The number of esters is 1. The molecule has 140 valence electrons. The topological polar surface area (TPSA) is 67.9 Å². The third-order valence-corrected chi connectivity index (χ3v) is 3.98. The van der Waals surface area contributed by atoms with E-state index in [9.17, 15) is 9.59 Å². The number of hydrogen-bond acceptors (Lipinski definition) is 5. The molecule has 0 saturated carbocycles. The summed E-state index contributed by atoms with van der Waals surface area (Å²) in [6.07, 6.45) is 1.42. The molecular formula is C18H34N2O4. The second kappa shape index (κ2) is 9.25. The lowest BCUT2D eigenvalue weighted by Gasteiger charge is -2.38.